The number of aliphatic hydroxyl groups is 4. The SMILES string of the molecule is CO/C1=C\C(C)=C\[C@@H](C)[C@@H](O)[C@@H](C)C/C(C)=C/C=C\[C@H](OC)[C@@H]([C@@H](C)[C@@H](O)[C@H](C)[C@@]2(O)C[C@@H](OC(=O)/C=C/C(=O)NC3=C(O)CCC3=O)[C@H](C)C(C(C)C)O2)OC1=O. The van der Waals surface area contributed by atoms with Crippen LogP contribution in [0.3, 0.4) is 0 Å². The molecule has 1 aliphatic carbocycles. The lowest BCUT2D eigenvalue weighted by Crippen LogP contribution is -2.59. The highest BCUT2D eigenvalue weighted by Crippen LogP contribution is 2.42. The average molecular weight is 816 g/mol. The van der Waals surface area contributed by atoms with E-state index in [1.165, 1.54) is 20.3 Å². The van der Waals surface area contributed by atoms with Crippen molar-refractivity contribution < 1.29 is 63.3 Å². The highest BCUT2D eigenvalue weighted by Gasteiger charge is 2.53. The number of carbonyl (C=O) groups is 4. The van der Waals surface area contributed by atoms with Gasteiger partial charge in [0, 0.05) is 62.2 Å². The van der Waals surface area contributed by atoms with Crippen molar-refractivity contribution in [3.63, 3.8) is 0 Å². The van der Waals surface area contributed by atoms with Crippen LogP contribution in [0.15, 0.2) is 70.9 Å². The number of allylic oxidation sites excluding steroid dienone is 7. The molecule has 2 heterocycles. The summed E-state index contributed by atoms with van der Waals surface area (Å²) >= 11 is 0. The van der Waals surface area contributed by atoms with Crippen LogP contribution in [0.2, 0.25) is 0 Å². The number of aliphatic hydroxyl groups excluding tert-OH is 3. The molecule has 1 saturated heterocycles. The minimum absolute atomic E-state index is 0.0594. The molecule has 0 aromatic carbocycles. The molecule has 324 valence electrons. The third-order valence-corrected chi connectivity index (χ3v) is 11.5. The zero-order valence-corrected chi connectivity index (χ0v) is 35.8. The van der Waals surface area contributed by atoms with E-state index in [2.05, 4.69) is 5.32 Å². The minimum Gasteiger partial charge on any atom is -0.510 e. The second kappa shape index (κ2) is 21.3. The van der Waals surface area contributed by atoms with Gasteiger partial charge in [0.1, 0.15) is 29.8 Å². The highest BCUT2D eigenvalue weighted by atomic mass is 16.6. The predicted octanol–water partition coefficient (Wildman–Crippen LogP) is 5.05. The van der Waals surface area contributed by atoms with E-state index in [4.69, 9.17) is 23.7 Å². The molecule has 14 nitrogen and oxygen atoms in total. The third-order valence-electron chi connectivity index (χ3n) is 11.5. The quantitative estimate of drug-likeness (QED) is 0.137. The molecule has 0 saturated carbocycles. The van der Waals surface area contributed by atoms with E-state index >= 15 is 0 Å². The molecule has 2 aliphatic heterocycles. The van der Waals surface area contributed by atoms with Gasteiger partial charge in [0.2, 0.25) is 11.7 Å². The maximum atomic E-state index is 13.7. The molecule has 0 aromatic rings. The second-order valence-corrected chi connectivity index (χ2v) is 16.5. The number of Topliss-reactive ketones (excluding diaryl/α,β-unsaturated/α-hetero) is 1. The molecule has 3 aliphatic rings. The topological polar surface area (TPSA) is 207 Å². The van der Waals surface area contributed by atoms with Gasteiger partial charge in [0.15, 0.2) is 11.6 Å². The summed E-state index contributed by atoms with van der Waals surface area (Å²) < 4.78 is 29.5. The van der Waals surface area contributed by atoms with E-state index in [0.717, 1.165) is 17.7 Å². The second-order valence-electron chi connectivity index (χ2n) is 16.5. The lowest BCUT2D eigenvalue weighted by Gasteiger charge is -2.50. The van der Waals surface area contributed by atoms with Gasteiger partial charge in [0.05, 0.1) is 25.4 Å². The van der Waals surface area contributed by atoms with Crippen LogP contribution in [0.25, 0.3) is 0 Å². The number of hydrogen-bond acceptors (Lipinski definition) is 13. The highest BCUT2D eigenvalue weighted by molar-refractivity contribution is 6.04. The van der Waals surface area contributed by atoms with Gasteiger partial charge >= 0.3 is 11.9 Å². The molecule has 58 heavy (non-hydrogen) atoms. The number of methoxy groups -OCH3 is 2. The first-order valence-corrected chi connectivity index (χ1v) is 20.1. The normalized spacial score (nSPS) is 35.5. The van der Waals surface area contributed by atoms with Crippen molar-refractivity contribution in [2.24, 2.45) is 35.5 Å². The molecule has 3 rings (SSSR count). The molecule has 0 bridgehead atoms. The first kappa shape index (κ1) is 48.3. The van der Waals surface area contributed by atoms with Gasteiger partial charge in [-0.05, 0) is 38.2 Å². The van der Waals surface area contributed by atoms with Crippen molar-refractivity contribution in [2.75, 3.05) is 14.2 Å². The summed E-state index contributed by atoms with van der Waals surface area (Å²) in [7, 11) is 2.79. The summed E-state index contributed by atoms with van der Waals surface area (Å²) in [6, 6.07) is 0. The Bertz CT molecular complexity index is 1670. The minimum atomic E-state index is -2.04. The molecule has 1 unspecified atom stereocenters. The van der Waals surface area contributed by atoms with Crippen molar-refractivity contribution in [2.45, 2.75) is 130 Å². The van der Waals surface area contributed by atoms with Gasteiger partial charge in [-0.2, -0.15) is 0 Å². The van der Waals surface area contributed by atoms with Gasteiger partial charge < -0.3 is 49.4 Å². The Labute approximate surface area is 342 Å². The number of esters is 2. The fourth-order valence-electron chi connectivity index (χ4n) is 7.95. The van der Waals surface area contributed by atoms with Gasteiger partial charge in [0.25, 0.3) is 0 Å². The predicted molar refractivity (Wildman–Crippen MR) is 215 cm³/mol. The summed E-state index contributed by atoms with van der Waals surface area (Å²) in [6.07, 6.45) is 5.61. The summed E-state index contributed by atoms with van der Waals surface area (Å²) in [5.41, 5.74) is 1.48. The Morgan fingerprint density at radius 2 is 1.71 bits per heavy atom. The molecule has 1 amide bonds. The van der Waals surface area contributed by atoms with Crippen LogP contribution >= 0.6 is 0 Å². The molecule has 0 radical (unpaired) electrons. The Morgan fingerprint density at radius 1 is 1.03 bits per heavy atom. The fraction of sp³-hybridized carbons (Fsp3) is 0.636. The number of nitrogens with one attached hydrogen (secondary N) is 1. The van der Waals surface area contributed by atoms with Crippen molar-refractivity contribution in [1.29, 1.82) is 0 Å². The fourth-order valence-corrected chi connectivity index (χ4v) is 7.95. The molecular weight excluding hydrogens is 750 g/mol. The van der Waals surface area contributed by atoms with Crippen LogP contribution in [-0.4, -0.2) is 101 Å². The molecule has 0 aromatic heterocycles. The van der Waals surface area contributed by atoms with E-state index in [0.29, 0.717) is 12.0 Å². The summed E-state index contributed by atoms with van der Waals surface area (Å²) in [5, 5.41) is 47.4. The van der Waals surface area contributed by atoms with E-state index in [1.54, 1.807) is 32.9 Å². The number of amides is 1. The maximum absolute atomic E-state index is 13.7. The molecule has 5 N–H and O–H groups in total. The van der Waals surface area contributed by atoms with Crippen molar-refractivity contribution >= 4 is 23.6 Å². The number of ketones is 1. The summed E-state index contributed by atoms with van der Waals surface area (Å²) in [4.78, 5) is 51.1. The first-order chi connectivity index (χ1) is 27.1. The average Bonchev–Trinajstić information content (AvgIpc) is 3.48. The van der Waals surface area contributed by atoms with E-state index in [9.17, 15) is 39.6 Å². The maximum Gasteiger partial charge on any atom is 0.373 e. The number of ether oxygens (including phenoxy) is 5. The smallest absolute Gasteiger partial charge is 0.373 e. The van der Waals surface area contributed by atoms with E-state index in [-0.39, 0.29) is 54.2 Å². The molecule has 0 spiro atoms. The Balaban J connectivity index is 1.92. The Hall–Kier alpha value is -4.08. The third kappa shape index (κ3) is 12.5. The molecular formula is C44H65NO13. The van der Waals surface area contributed by atoms with Crippen molar-refractivity contribution in [3.05, 3.63) is 70.9 Å². The summed E-state index contributed by atoms with van der Waals surface area (Å²) in [5.74, 6) is -8.07. The van der Waals surface area contributed by atoms with Crippen LogP contribution in [0, 0.1) is 35.5 Å². The largest absolute Gasteiger partial charge is 0.510 e. The lowest BCUT2D eigenvalue weighted by atomic mass is 9.76. The zero-order chi connectivity index (χ0) is 43.6. The zero-order valence-electron chi connectivity index (χ0n) is 35.8. The summed E-state index contributed by atoms with van der Waals surface area (Å²) in [6.45, 7) is 16.5. The van der Waals surface area contributed by atoms with Crippen molar-refractivity contribution in [1.82, 2.24) is 5.32 Å². The standard InChI is InChI=1S/C44H65NO13/c1-23(2)41-28(7)35(56-37(49)18-17-36(48)45-38-31(46)15-16-32(38)47)22-44(53,58-41)30(9)40(51)29(8)42-33(54-10)14-12-13-24(3)19-26(5)39(50)27(6)20-25(4)21-34(55-11)43(52)57-42/h12-14,17-18,20-21,23,26-30,33,35,39-42,46,50-51,53H,15-16,19,22H2,1-11H3,(H,45,48)/b14-12-,18-17+,24-13+,25-20+,34-21-/t26-,27+,28-,29-,30-,33-,35+,39-,40+,41?,42+,44+/m0/s1. The number of carbonyl (C=O) groups excluding carboxylic acids is 4. The van der Waals surface area contributed by atoms with Crippen LogP contribution in [0.4, 0.5) is 0 Å². The molecule has 12 atom stereocenters. The monoisotopic (exact) mass is 815 g/mol. The van der Waals surface area contributed by atoms with Gasteiger partial charge in [-0.25, -0.2) is 9.59 Å². The van der Waals surface area contributed by atoms with E-state index < -0.39 is 83.8 Å². The number of hydrogen-bond donors (Lipinski definition) is 5. The Morgan fingerprint density at radius 3 is 2.29 bits per heavy atom. The number of rotatable bonds is 11. The van der Waals surface area contributed by atoms with Gasteiger partial charge in [-0.3, -0.25) is 9.59 Å². The van der Waals surface area contributed by atoms with Gasteiger partial charge in [-0.1, -0.05) is 83.9 Å². The Kier molecular flexibility index (Phi) is 17.7. The lowest BCUT2D eigenvalue weighted by molar-refractivity contribution is -0.329. The van der Waals surface area contributed by atoms with Crippen LogP contribution in [0.1, 0.15) is 88.0 Å². The van der Waals surface area contributed by atoms with Crippen molar-refractivity contribution in [3.8, 4) is 0 Å². The molecule has 14 heteroatoms. The van der Waals surface area contributed by atoms with E-state index in [1.807, 2.05) is 53.7 Å². The van der Waals surface area contributed by atoms with Crippen LogP contribution in [-0.2, 0) is 42.9 Å². The number of cyclic esters (lactones) is 1. The van der Waals surface area contributed by atoms with Crippen LogP contribution in [0.5, 0.6) is 0 Å². The first-order valence-electron chi connectivity index (χ1n) is 20.1. The van der Waals surface area contributed by atoms with Crippen LogP contribution < -0.4 is 5.32 Å². The van der Waals surface area contributed by atoms with Gasteiger partial charge in [-0.15, -0.1) is 0 Å². The molecule has 1 fully saturated rings.